The molecule has 3 aromatic rings. The van der Waals surface area contributed by atoms with Gasteiger partial charge in [0.25, 0.3) is 0 Å². The maximum Gasteiger partial charge on any atom is 0.341 e. The zero-order chi connectivity index (χ0) is 23.1. The molecule has 0 bridgehead atoms. The summed E-state index contributed by atoms with van der Waals surface area (Å²) in [7, 11) is 4.07. The van der Waals surface area contributed by atoms with E-state index in [0.717, 1.165) is 6.54 Å². The summed E-state index contributed by atoms with van der Waals surface area (Å²) in [5, 5.41) is 15.6. The third-order valence-electron chi connectivity index (χ3n) is 6.38. The van der Waals surface area contributed by atoms with Crippen LogP contribution in [0.15, 0.2) is 42.5 Å². The van der Waals surface area contributed by atoms with Gasteiger partial charge in [-0.3, -0.25) is 0 Å². The van der Waals surface area contributed by atoms with Crippen LogP contribution in [0.4, 0.5) is 5.69 Å². The second-order valence-electron chi connectivity index (χ2n) is 8.73. The number of ether oxygens (including phenoxy) is 5. The highest BCUT2D eigenvalue weighted by Crippen LogP contribution is 2.38. The summed E-state index contributed by atoms with van der Waals surface area (Å²) in [6.45, 7) is 1.94. The van der Waals surface area contributed by atoms with Crippen LogP contribution in [-0.2, 0) is 16.0 Å². The maximum atomic E-state index is 6.13. The topological polar surface area (TPSA) is 105 Å². The molecule has 1 N–H and O–H groups in total. The summed E-state index contributed by atoms with van der Waals surface area (Å²) in [5.74, 6) is 1.87. The van der Waals surface area contributed by atoms with Crippen molar-refractivity contribution >= 4 is 5.69 Å². The van der Waals surface area contributed by atoms with Gasteiger partial charge in [-0.25, -0.2) is 0 Å². The van der Waals surface area contributed by atoms with E-state index in [9.17, 15) is 0 Å². The molecular weight excluding hydrogens is 440 g/mol. The molecule has 0 saturated carbocycles. The van der Waals surface area contributed by atoms with Gasteiger partial charge in [0.15, 0.2) is 11.5 Å². The number of nitrogens with zero attached hydrogens (tertiary/aromatic N) is 5. The van der Waals surface area contributed by atoms with Gasteiger partial charge in [-0.2, -0.15) is 4.68 Å². The Morgan fingerprint density at radius 1 is 1.03 bits per heavy atom. The predicted octanol–water partition coefficient (Wildman–Crippen LogP) is 1.76. The van der Waals surface area contributed by atoms with Crippen LogP contribution in [0, 0.1) is 0 Å². The fraction of sp³-hybridized carbons (Fsp3) is 0.435. The van der Waals surface area contributed by atoms with Crippen LogP contribution in [0.2, 0.25) is 0 Å². The smallest absolute Gasteiger partial charge is 0.341 e. The average molecular weight is 466 g/mol. The Morgan fingerprint density at radius 2 is 1.85 bits per heavy atom. The monoisotopic (exact) mass is 466 g/mol. The van der Waals surface area contributed by atoms with Crippen LogP contribution in [0.5, 0.6) is 23.3 Å². The maximum absolute atomic E-state index is 6.13. The highest BCUT2D eigenvalue weighted by molar-refractivity contribution is 5.47. The zero-order valence-electron chi connectivity index (χ0n) is 19.0. The quantitative estimate of drug-likeness (QED) is 0.554. The van der Waals surface area contributed by atoms with Crippen LogP contribution in [-0.4, -0.2) is 72.6 Å². The molecule has 0 radical (unpaired) electrons. The molecular formula is C23H26N6O5. The molecule has 0 amide bonds. The van der Waals surface area contributed by atoms with Gasteiger partial charge >= 0.3 is 6.01 Å². The van der Waals surface area contributed by atoms with Crippen molar-refractivity contribution in [2.75, 3.05) is 39.0 Å². The first-order chi connectivity index (χ1) is 16.7. The van der Waals surface area contributed by atoms with E-state index >= 15 is 0 Å². The Labute approximate surface area is 196 Å². The Morgan fingerprint density at radius 3 is 2.71 bits per heavy atom. The molecule has 2 aromatic carbocycles. The average Bonchev–Trinajstić information content (AvgIpc) is 3.63. The van der Waals surface area contributed by atoms with E-state index < -0.39 is 0 Å². The Hall–Kier alpha value is -3.41. The minimum absolute atomic E-state index is 0.0817. The first-order valence-electron chi connectivity index (χ1n) is 11.2. The van der Waals surface area contributed by atoms with E-state index in [1.54, 1.807) is 22.9 Å². The van der Waals surface area contributed by atoms with Gasteiger partial charge in [-0.05, 0) is 40.3 Å². The molecule has 2 fully saturated rings. The standard InChI is InChI=1S/C23H26N6O5/c1-28(2)15-5-3-14(4-6-15)10-24-17-11-30-22-18(12-31-21(17)22)29-23(25-26-27-29)34-16-7-8-19-20(9-16)33-13-32-19/h3-9,17-18,21-22,24H,10-13H2,1-2H3/t17-,18-,21+,22+/m0/s1. The van der Waals surface area contributed by atoms with E-state index in [2.05, 4.69) is 50.0 Å². The van der Waals surface area contributed by atoms with Gasteiger partial charge in [-0.15, -0.1) is 0 Å². The summed E-state index contributed by atoms with van der Waals surface area (Å²) < 4.78 is 30.6. The Kier molecular flexibility index (Phi) is 5.44. The first kappa shape index (κ1) is 21.1. The van der Waals surface area contributed by atoms with Gasteiger partial charge in [0.1, 0.15) is 24.0 Å². The summed E-state index contributed by atoms with van der Waals surface area (Å²) >= 11 is 0. The van der Waals surface area contributed by atoms with Crippen LogP contribution in [0.1, 0.15) is 11.6 Å². The van der Waals surface area contributed by atoms with Crippen molar-refractivity contribution in [3.05, 3.63) is 48.0 Å². The molecule has 6 rings (SSSR count). The van der Waals surface area contributed by atoms with E-state index in [-0.39, 0.29) is 37.1 Å². The van der Waals surface area contributed by atoms with Crippen LogP contribution < -0.4 is 24.4 Å². The summed E-state index contributed by atoms with van der Waals surface area (Å²) in [5.41, 5.74) is 2.39. The number of aromatic nitrogens is 4. The zero-order valence-corrected chi connectivity index (χ0v) is 19.0. The van der Waals surface area contributed by atoms with E-state index in [4.69, 9.17) is 23.7 Å². The van der Waals surface area contributed by atoms with Gasteiger partial charge in [-0.1, -0.05) is 17.2 Å². The predicted molar refractivity (Wildman–Crippen MR) is 120 cm³/mol. The fourth-order valence-corrected chi connectivity index (χ4v) is 4.53. The molecule has 4 heterocycles. The van der Waals surface area contributed by atoms with Gasteiger partial charge in [0.05, 0.1) is 19.3 Å². The molecule has 178 valence electrons. The Balaban J connectivity index is 1.10. The van der Waals surface area contributed by atoms with E-state index in [0.29, 0.717) is 30.5 Å². The van der Waals surface area contributed by atoms with Crippen molar-refractivity contribution in [2.24, 2.45) is 0 Å². The lowest BCUT2D eigenvalue weighted by Crippen LogP contribution is -2.40. The van der Waals surface area contributed by atoms with Crippen molar-refractivity contribution in [3.63, 3.8) is 0 Å². The molecule has 4 atom stereocenters. The molecule has 0 spiro atoms. The lowest BCUT2D eigenvalue weighted by Gasteiger charge is -2.18. The lowest BCUT2D eigenvalue weighted by atomic mass is 10.1. The van der Waals surface area contributed by atoms with Crippen molar-refractivity contribution in [3.8, 4) is 23.3 Å². The number of tetrazole rings is 1. The minimum Gasteiger partial charge on any atom is -0.454 e. The van der Waals surface area contributed by atoms with Crippen molar-refractivity contribution in [2.45, 2.75) is 30.8 Å². The molecule has 34 heavy (non-hydrogen) atoms. The number of benzene rings is 2. The molecule has 3 aliphatic rings. The number of hydrogen-bond acceptors (Lipinski definition) is 10. The second-order valence-corrected chi connectivity index (χ2v) is 8.73. The van der Waals surface area contributed by atoms with Crippen molar-refractivity contribution in [1.29, 1.82) is 0 Å². The number of fused-ring (bicyclic) bond motifs is 2. The van der Waals surface area contributed by atoms with Crippen molar-refractivity contribution < 1.29 is 23.7 Å². The second kappa shape index (κ2) is 8.75. The van der Waals surface area contributed by atoms with Crippen LogP contribution in [0.25, 0.3) is 0 Å². The highest BCUT2D eigenvalue weighted by atomic mass is 16.7. The third-order valence-corrected chi connectivity index (χ3v) is 6.38. The van der Waals surface area contributed by atoms with Crippen LogP contribution >= 0.6 is 0 Å². The highest BCUT2D eigenvalue weighted by Gasteiger charge is 2.49. The molecule has 2 saturated heterocycles. The fourth-order valence-electron chi connectivity index (χ4n) is 4.53. The minimum atomic E-state index is -0.185. The first-order valence-corrected chi connectivity index (χ1v) is 11.2. The van der Waals surface area contributed by atoms with Crippen LogP contribution in [0.3, 0.4) is 0 Å². The van der Waals surface area contributed by atoms with Crippen molar-refractivity contribution in [1.82, 2.24) is 25.5 Å². The molecule has 11 nitrogen and oxygen atoms in total. The molecule has 3 aliphatic heterocycles. The number of nitrogens with one attached hydrogen (secondary N) is 1. The normalized spacial score (nSPS) is 24.9. The third kappa shape index (κ3) is 3.91. The Bertz CT molecular complexity index is 1150. The number of anilines is 1. The molecule has 11 heteroatoms. The largest absolute Gasteiger partial charge is 0.454 e. The number of hydrogen-bond donors (Lipinski definition) is 1. The van der Waals surface area contributed by atoms with Gasteiger partial charge in [0.2, 0.25) is 6.79 Å². The molecule has 0 aliphatic carbocycles. The van der Waals surface area contributed by atoms with E-state index in [1.165, 1.54) is 11.3 Å². The summed E-state index contributed by atoms with van der Waals surface area (Å²) in [6, 6.07) is 14.0. The SMILES string of the molecule is CN(C)c1ccc(CN[C@H]2CO[C@H]3[C@@H]2OC[C@@H]3n2nnnc2Oc2ccc3c(c2)OCO3)cc1. The molecule has 1 aromatic heterocycles. The summed E-state index contributed by atoms with van der Waals surface area (Å²) in [4.78, 5) is 2.09. The number of rotatable bonds is 7. The lowest BCUT2D eigenvalue weighted by molar-refractivity contribution is 0.0611. The summed E-state index contributed by atoms with van der Waals surface area (Å²) in [6.07, 6.45) is -0.259. The van der Waals surface area contributed by atoms with Gasteiger partial charge in [0, 0.05) is 32.4 Å². The van der Waals surface area contributed by atoms with Gasteiger partial charge < -0.3 is 33.9 Å². The molecule has 0 unspecified atom stereocenters. The van der Waals surface area contributed by atoms with E-state index in [1.807, 2.05) is 14.1 Å².